The molecule has 0 aliphatic rings. The van der Waals surface area contributed by atoms with E-state index in [2.05, 4.69) is 0 Å². The van der Waals surface area contributed by atoms with Crippen molar-refractivity contribution in [1.82, 2.24) is 4.98 Å². The smallest absolute Gasteiger partial charge is 0.342 e. The van der Waals surface area contributed by atoms with E-state index in [1.54, 1.807) is 0 Å². The van der Waals surface area contributed by atoms with Gasteiger partial charge in [0.2, 0.25) is 0 Å². The molecule has 0 unspecified atom stereocenters. The van der Waals surface area contributed by atoms with Gasteiger partial charge in [-0.25, -0.2) is 14.0 Å². The van der Waals surface area contributed by atoms with Gasteiger partial charge in [-0.05, 0) is 6.07 Å². The zero-order valence-corrected chi connectivity index (χ0v) is 11.7. The van der Waals surface area contributed by atoms with E-state index in [0.717, 1.165) is 13.2 Å². The summed E-state index contributed by atoms with van der Waals surface area (Å²) in [5.74, 6) is -5.06. The van der Waals surface area contributed by atoms with Crippen LogP contribution in [0.25, 0.3) is 11.1 Å². The van der Waals surface area contributed by atoms with Crippen molar-refractivity contribution in [2.75, 3.05) is 12.8 Å². The highest BCUT2D eigenvalue weighted by Crippen LogP contribution is 2.37. The number of ether oxygens (including phenoxy) is 1. The molecule has 5 N–H and O–H groups in total. The molecule has 0 spiro atoms. The van der Waals surface area contributed by atoms with Crippen molar-refractivity contribution in [2.45, 2.75) is 0 Å². The Kier molecular flexibility index (Phi) is 4.04. The van der Waals surface area contributed by atoms with Crippen molar-refractivity contribution in [3.8, 4) is 16.9 Å². The highest BCUT2D eigenvalue weighted by molar-refractivity contribution is 6.08. The van der Waals surface area contributed by atoms with E-state index in [1.165, 1.54) is 12.1 Å². The fourth-order valence-electron chi connectivity index (χ4n) is 2.23. The van der Waals surface area contributed by atoms with Gasteiger partial charge in [0.25, 0.3) is 5.56 Å². The maximum atomic E-state index is 13.9. The number of nitrogens with two attached hydrogens (primary N) is 1. The third kappa shape index (κ3) is 2.59. The normalized spacial score (nSPS) is 10.3. The molecule has 1 aromatic heterocycles. The molecule has 8 nitrogen and oxygen atoms in total. The van der Waals surface area contributed by atoms with E-state index in [9.17, 15) is 29.0 Å². The average Bonchev–Trinajstić information content (AvgIpc) is 2.45. The number of anilines is 1. The van der Waals surface area contributed by atoms with Gasteiger partial charge in [-0.3, -0.25) is 4.79 Å². The van der Waals surface area contributed by atoms with Gasteiger partial charge in [-0.1, -0.05) is 12.1 Å². The van der Waals surface area contributed by atoms with Gasteiger partial charge in [0.1, 0.15) is 16.9 Å². The number of rotatable bonds is 4. The van der Waals surface area contributed by atoms with Crippen LogP contribution >= 0.6 is 0 Å². The van der Waals surface area contributed by atoms with Gasteiger partial charge in [0.15, 0.2) is 11.6 Å². The molecule has 1 aromatic carbocycles. The largest absolute Gasteiger partial charge is 0.493 e. The molecule has 0 saturated heterocycles. The standard InChI is InChI=1S/C14H11FN2O6/c1-23-10-5(3-2-4-6(10)15)7-8(13(19)20)11(16)17-12(18)9(7)14(21)22/h2-4H,1H3,(H,19,20)(H,21,22)(H3,16,17,18). The third-order valence-corrected chi connectivity index (χ3v) is 3.11. The maximum Gasteiger partial charge on any atom is 0.342 e. The second kappa shape index (κ2) is 5.79. The van der Waals surface area contributed by atoms with Crippen LogP contribution in [0.4, 0.5) is 10.2 Å². The number of nitrogen functional groups attached to an aromatic ring is 1. The lowest BCUT2D eigenvalue weighted by atomic mass is 9.94. The molecule has 0 fully saturated rings. The summed E-state index contributed by atoms with van der Waals surface area (Å²) in [6.07, 6.45) is 0. The summed E-state index contributed by atoms with van der Waals surface area (Å²) >= 11 is 0. The predicted molar refractivity (Wildman–Crippen MR) is 77.3 cm³/mol. The summed E-state index contributed by atoms with van der Waals surface area (Å²) in [7, 11) is 1.12. The zero-order chi connectivity index (χ0) is 17.3. The Morgan fingerprint density at radius 3 is 2.35 bits per heavy atom. The van der Waals surface area contributed by atoms with Crippen molar-refractivity contribution in [3.63, 3.8) is 0 Å². The van der Waals surface area contributed by atoms with E-state index >= 15 is 0 Å². The lowest BCUT2D eigenvalue weighted by Crippen LogP contribution is -2.24. The van der Waals surface area contributed by atoms with Gasteiger partial charge in [0.05, 0.1) is 7.11 Å². The average molecular weight is 322 g/mol. The van der Waals surface area contributed by atoms with Gasteiger partial charge >= 0.3 is 11.9 Å². The van der Waals surface area contributed by atoms with Gasteiger partial charge in [0, 0.05) is 11.1 Å². The Morgan fingerprint density at radius 1 is 1.22 bits per heavy atom. The number of halogens is 1. The summed E-state index contributed by atoms with van der Waals surface area (Å²) in [4.78, 5) is 36.7. The van der Waals surface area contributed by atoms with E-state index in [4.69, 9.17) is 10.5 Å². The molecule has 0 radical (unpaired) electrons. The first kappa shape index (κ1) is 16.0. The minimum Gasteiger partial charge on any atom is -0.493 e. The van der Waals surface area contributed by atoms with Crippen molar-refractivity contribution in [1.29, 1.82) is 0 Å². The van der Waals surface area contributed by atoms with E-state index < -0.39 is 51.6 Å². The van der Waals surface area contributed by atoms with E-state index in [-0.39, 0.29) is 5.56 Å². The highest BCUT2D eigenvalue weighted by atomic mass is 19.1. The second-order valence-corrected chi connectivity index (χ2v) is 4.42. The summed E-state index contributed by atoms with van der Waals surface area (Å²) < 4.78 is 18.7. The number of nitrogens with one attached hydrogen (secondary N) is 1. The summed E-state index contributed by atoms with van der Waals surface area (Å²) in [5, 5.41) is 18.6. The molecule has 120 valence electrons. The number of aromatic carboxylic acids is 2. The molecule has 2 rings (SSSR count). The first-order valence-corrected chi connectivity index (χ1v) is 6.14. The number of carboxylic acids is 2. The van der Waals surface area contributed by atoms with Crippen LogP contribution < -0.4 is 16.0 Å². The van der Waals surface area contributed by atoms with E-state index in [0.29, 0.717) is 0 Å². The van der Waals surface area contributed by atoms with Crippen LogP contribution in [0.1, 0.15) is 20.7 Å². The molecule has 0 saturated carbocycles. The maximum absolute atomic E-state index is 13.9. The van der Waals surface area contributed by atoms with Crippen LogP contribution in [0.3, 0.4) is 0 Å². The minimum atomic E-state index is -1.69. The number of methoxy groups -OCH3 is 1. The number of aromatic amines is 1. The molecule has 0 aliphatic heterocycles. The number of para-hydroxylation sites is 1. The lowest BCUT2D eigenvalue weighted by Gasteiger charge is -2.15. The molecule has 0 aliphatic carbocycles. The number of pyridine rings is 1. The molecule has 1 heterocycles. The third-order valence-electron chi connectivity index (χ3n) is 3.11. The quantitative estimate of drug-likeness (QED) is 0.661. The topological polar surface area (TPSA) is 143 Å². The Morgan fingerprint density at radius 2 is 1.83 bits per heavy atom. The molecule has 2 aromatic rings. The first-order chi connectivity index (χ1) is 10.8. The van der Waals surface area contributed by atoms with Crippen LogP contribution in [-0.4, -0.2) is 34.2 Å². The summed E-state index contributed by atoms with van der Waals surface area (Å²) in [6, 6.07) is 3.50. The van der Waals surface area contributed by atoms with Crippen molar-refractivity contribution in [2.24, 2.45) is 0 Å². The summed E-state index contributed by atoms with van der Waals surface area (Å²) in [5.41, 5.74) is 2.12. The second-order valence-electron chi connectivity index (χ2n) is 4.42. The zero-order valence-electron chi connectivity index (χ0n) is 11.7. The Bertz CT molecular complexity index is 874. The Balaban J connectivity index is 3.07. The molecule has 0 amide bonds. The summed E-state index contributed by atoms with van der Waals surface area (Å²) in [6.45, 7) is 0. The minimum absolute atomic E-state index is 0.208. The van der Waals surface area contributed by atoms with Crippen LogP contribution in [0.5, 0.6) is 5.75 Å². The molecular weight excluding hydrogens is 311 g/mol. The number of H-pyrrole nitrogens is 1. The van der Waals surface area contributed by atoms with Crippen LogP contribution in [0.15, 0.2) is 23.0 Å². The fourth-order valence-corrected chi connectivity index (χ4v) is 2.23. The van der Waals surface area contributed by atoms with Crippen molar-refractivity contribution in [3.05, 3.63) is 45.5 Å². The van der Waals surface area contributed by atoms with Gasteiger partial charge in [-0.2, -0.15) is 0 Å². The SMILES string of the molecule is COc1c(F)cccc1-c1c(C(=O)O)c(N)[nH]c(=O)c1C(=O)O. The predicted octanol–water partition coefficient (Wildman–Crippen LogP) is 1.17. The molecule has 0 atom stereocenters. The van der Waals surface area contributed by atoms with Crippen LogP contribution in [0.2, 0.25) is 0 Å². The number of carbonyl (C=O) groups is 2. The molecular formula is C14H11FN2O6. The number of hydrogen-bond donors (Lipinski definition) is 4. The Labute approximate surface area is 127 Å². The van der Waals surface area contributed by atoms with Crippen molar-refractivity contribution < 1.29 is 28.9 Å². The monoisotopic (exact) mass is 322 g/mol. The Hall–Kier alpha value is -3.36. The van der Waals surface area contributed by atoms with Crippen LogP contribution in [0, 0.1) is 5.82 Å². The number of benzene rings is 1. The molecule has 9 heteroatoms. The first-order valence-electron chi connectivity index (χ1n) is 6.14. The van der Waals surface area contributed by atoms with E-state index in [1.807, 2.05) is 4.98 Å². The highest BCUT2D eigenvalue weighted by Gasteiger charge is 2.29. The number of aromatic nitrogens is 1. The number of hydrogen-bond acceptors (Lipinski definition) is 5. The lowest BCUT2D eigenvalue weighted by molar-refractivity contribution is 0.0695. The fraction of sp³-hybridized carbons (Fsp3) is 0.0714. The molecule has 23 heavy (non-hydrogen) atoms. The van der Waals surface area contributed by atoms with Gasteiger partial charge in [-0.15, -0.1) is 0 Å². The van der Waals surface area contributed by atoms with Crippen molar-refractivity contribution >= 4 is 17.8 Å². The van der Waals surface area contributed by atoms with Gasteiger partial charge < -0.3 is 25.7 Å². The number of carboxylic acid groups (broad SMARTS) is 2. The molecule has 0 bridgehead atoms. The van der Waals surface area contributed by atoms with Crippen LogP contribution in [-0.2, 0) is 0 Å².